The van der Waals surface area contributed by atoms with Gasteiger partial charge in [0.05, 0.1) is 6.20 Å². The minimum Gasteiger partial charge on any atom is -0.442 e. The molecule has 0 aliphatic rings. The van der Waals surface area contributed by atoms with Crippen LogP contribution in [0.15, 0.2) is 39.5 Å². The van der Waals surface area contributed by atoms with Crippen LogP contribution in [-0.4, -0.2) is 4.98 Å². The molecule has 1 rings (SSSR count). The lowest BCUT2D eigenvalue weighted by molar-refractivity contribution is 0.516. The van der Waals surface area contributed by atoms with E-state index in [2.05, 4.69) is 44.8 Å². The molecule has 0 radical (unpaired) electrons. The van der Waals surface area contributed by atoms with E-state index in [1.165, 1.54) is 16.7 Å². The van der Waals surface area contributed by atoms with E-state index < -0.39 is 0 Å². The normalized spacial score (nSPS) is 12.7. The molecule has 1 heterocycles. The maximum atomic E-state index is 5.45. The summed E-state index contributed by atoms with van der Waals surface area (Å²) in [6.07, 6.45) is 12.9. The molecular weight excluding hydrogens is 246 g/mol. The first-order chi connectivity index (χ1) is 9.47. The Hall–Kier alpha value is -1.57. The highest BCUT2D eigenvalue weighted by molar-refractivity contribution is 5.42. The van der Waals surface area contributed by atoms with Crippen molar-refractivity contribution in [2.75, 3.05) is 0 Å². The average molecular weight is 273 g/mol. The Bertz CT molecular complexity index is 499. The molecular formula is C18H27NO. The molecule has 20 heavy (non-hydrogen) atoms. The first kappa shape index (κ1) is 16.5. The first-order valence-corrected chi connectivity index (χ1v) is 7.36. The van der Waals surface area contributed by atoms with Crippen LogP contribution in [0.4, 0.5) is 0 Å². The number of hydrogen-bond acceptors (Lipinski definition) is 2. The minimum atomic E-state index is 0.712. The topological polar surface area (TPSA) is 26.0 Å². The largest absolute Gasteiger partial charge is 0.442 e. The zero-order valence-electron chi connectivity index (χ0n) is 13.5. The van der Waals surface area contributed by atoms with E-state index in [-0.39, 0.29) is 0 Å². The third-order valence-corrected chi connectivity index (χ3v) is 3.13. The summed E-state index contributed by atoms with van der Waals surface area (Å²) in [6.45, 7) is 10.6. The van der Waals surface area contributed by atoms with E-state index in [1.807, 2.05) is 13.0 Å². The van der Waals surface area contributed by atoms with E-state index in [0.29, 0.717) is 5.89 Å². The highest BCUT2D eigenvalue weighted by Gasteiger charge is 1.97. The maximum Gasteiger partial charge on any atom is 0.218 e. The fourth-order valence-corrected chi connectivity index (χ4v) is 1.96. The molecule has 0 aliphatic carbocycles. The molecule has 2 nitrogen and oxygen atoms in total. The molecule has 1 aromatic heterocycles. The van der Waals surface area contributed by atoms with Gasteiger partial charge >= 0.3 is 0 Å². The Morgan fingerprint density at radius 3 is 2.30 bits per heavy atom. The van der Waals surface area contributed by atoms with Crippen LogP contribution in [0.5, 0.6) is 0 Å². The molecule has 0 amide bonds. The summed E-state index contributed by atoms with van der Waals surface area (Å²) in [5.41, 5.74) is 4.18. The number of allylic oxidation sites excluding steroid dienone is 5. The van der Waals surface area contributed by atoms with Crippen LogP contribution in [0.3, 0.4) is 0 Å². The van der Waals surface area contributed by atoms with Crippen molar-refractivity contribution in [1.29, 1.82) is 0 Å². The Labute approximate surface area is 123 Å². The standard InChI is InChI=1S/C18H27NO/c1-14(2)8-6-9-15(3)10-7-11-16(4)12-18-19-13-17(5)20-18/h8,10,12-13H,6-7,9,11H2,1-5H3/b15-10+,16-12+. The van der Waals surface area contributed by atoms with Crippen molar-refractivity contribution in [1.82, 2.24) is 4.98 Å². The van der Waals surface area contributed by atoms with E-state index in [9.17, 15) is 0 Å². The van der Waals surface area contributed by atoms with Crippen molar-refractivity contribution >= 4 is 6.08 Å². The molecule has 0 N–H and O–H groups in total. The molecule has 0 fully saturated rings. The summed E-state index contributed by atoms with van der Waals surface area (Å²) in [5, 5.41) is 0. The molecule has 0 bridgehead atoms. The summed E-state index contributed by atoms with van der Waals surface area (Å²) in [4.78, 5) is 4.19. The molecule has 0 aliphatic heterocycles. The van der Waals surface area contributed by atoms with Crippen molar-refractivity contribution in [3.8, 4) is 0 Å². The number of rotatable bonds is 7. The van der Waals surface area contributed by atoms with E-state index >= 15 is 0 Å². The van der Waals surface area contributed by atoms with Gasteiger partial charge in [-0.1, -0.05) is 28.9 Å². The van der Waals surface area contributed by atoms with Crippen molar-refractivity contribution in [3.63, 3.8) is 0 Å². The average Bonchev–Trinajstić information content (AvgIpc) is 2.74. The summed E-state index contributed by atoms with van der Waals surface area (Å²) in [5.74, 6) is 1.57. The Morgan fingerprint density at radius 1 is 1.05 bits per heavy atom. The number of aromatic nitrogens is 1. The van der Waals surface area contributed by atoms with Gasteiger partial charge in [-0.3, -0.25) is 0 Å². The van der Waals surface area contributed by atoms with Crippen LogP contribution in [0.1, 0.15) is 65.0 Å². The molecule has 0 saturated carbocycles. The lowest BCUT2D eigenvalue weighted by Crippen LogP contribution is -1.81. The van der Waals surface area contributed by atoms with Gasteiger partial charge < -0.3 is 4.42 Å². The second-order valence-electron chi connectivity index (χ2n) is 5.71. The lowest BCUT2D eigenvalue weighted by atomic mass is 10.1. The van der Waals surface area contributed by atoms with Gasteiger partial charge in [-0.05, 0) is 66.4 Å². The summed E-state index contributed by atoms with van der Waals surface area (Å²) < 4.78 is 5.45. The fourth-order valence-electron chi connectivity index (χ4n) is 1.96. The third kappa shape index (κ3) is 7.13. The van der Waals surface area contributed by atoms with E-state index in [0.717, 1.165) is 31.4 Å². The molecule has 110 valence electrons. The van der Waals surface area contributed by atoms with Gasteiger partial charge in [0.1, 0.15) is 5.76 Å². The van der Waals surface area contributed by atoms with Crippen LogP contribution in [0.2, 0.25) is 0 Å². The van der Waals surface area contributed by atoms with Crippen LogP contribution in [-0.2, 0) is 0 Å². The maximum absolute atomic E-state index is 5.45. The monoisotopic (exact) mass is 273 g/mol. The molecule has 2 heteroatoms. The second-order valence-corrected chi connectivity index (χ2v) is 5.71. The SMILES string of the molecule is CC(C)=CCC/C(C)=C/CC/C(C)=C/c1ncc(C)o1. The van der Waals surface area contributed by atoms with Crippen LogP contribution in [0.25, 0.3) is 6.08 Å². The first-order valence-electron chi connectivity index (χ1n) is 7.36. The van der Waals surface area contributed by atoms with Gasteiger partial charge in [0, 0.05) is 0 Å². The molecule has 0 unspecified atom stereocenters. The number of aryl methyl sites for hydroxylation is 1. The minimum absolute atomic E-state index is 0.712. The Morgan fingerprint density at radius 2 is 1.70 bits per heavy atom. The predicted octanol–water partition coefficient (Wildman–Crippen LogP) is 5.86. The third-order valence-electron chi connectivity index (χ3n) is 3.13. The zero-order chi connectivity index (χ0) is 15.0. The molecule has 0 saturated heterocycles. The second kappa shape index (κ2) is 8.57. The van der Waals surface area contributed by atoms with Gasteiger partial charge in [0.25, 0.3) is 0 Å². The number of hydrogen-bond donors (Lipinski definition) is 0. The van der Waals surface area contributed by atoms with Crippen LogP contribution in [0, 0.1) is 6.92 Å². The molecule has 0 aromatic carbocycles. The van der Waals surface area contributed by atoms with Crippen molar-refractivity contribution < 1.29 is 4.42 Å². The summed E-state index contributed by atoms with van der Waals surface area (Å²) >= 11 is 0. The zero-order valence-corrected chi connectivity index (χ0v) is 13.5. The van der Waals surface area contributed by atoms with Crippen LogP contribution < -0.4 is 0 Å². The van der Waals surface area contributed by atoms with E-state index in [1.54, 1.807) is 6.20 Å². The molecule has 0 atom stereocenters. The van der Waals surface area contributed by atoms with Gasteiger partial charge in [0.15, 0.2) is 0 Å². The number of oxazole rings is 1. The predicted molar refractivity (Wildman–Crippen MR) is 86.5 cm³/mol. The van der Waals surface area contributed by atoms with Gasteiger partial charge in [-0.25, -0.2) is 4.98 Å². The van der Waals surface area contributed by atoms with Gasteiger partial charge in [0.2, 0.25) is 5.89 Å². The fraction of sp³-hybridized carbons (Fsp3) is 0.500. The van der Waals surface area contributed by atoms with Crippen LogP contribution >= 0.6 is 0 Å². The summed E-state index contributed by atoms with van der Waals surface area (Å²) in [6, 6.07) is 0. The van der Waals surface area contributed by atoms with Crippen molar-refractivity contribution in [3.05, 3.63) is 46.7 Å². The quantitative estimate of drug-likeness (QED) is 0.581. The Balaban J connectivity index is 2.35. The van der Waals surface area contributed by atoms with Crippen molar-refractivity contribution in [2.45, 2.75) is 60.3 Å². The summed E-state index contributed by atoms with van der Waals surface area (Å²) in [7, 11) is 0. The highest BCUT2D eigenvalue weighted by atomic mass is 16.3. The highest BCUT2D eigenvalue weighted by Crippen LogP contribution is 2.14. The smallest absolute Gasteiger partial charge is 0.218 e. The van der Waals surface area contributed by atoms with Gasteiger partial charge in [-0.2, -0.15) is 0 Å². The van der Waals surface area contributed by atoms with Gasteiger partial charge in [-0.15, -0.1) is 0 Å². The molecule has 1 aromatic rings. The molecule has 0 spiro atoms. The Kier molecular flexibility index (Phi) is 7.06. The lowest BCUT2D eigenvalue weighted by Gasteiger charge is -2.00. The van der Waals surface area contributed by atoms with Crippen molar-refractivity contribution in [2.24, 2.45) is 0 Å². The van der Waals surface area contributed by atoms with E-state index in [4.69, 9.17) is 4.42 Å². The number of nitrogens with zero attached hydrogens (tertiary/aromatic N) is 1.